The van der Waals surface area contributed by atoms with Crippen LogP contribution in [0.4, 0.5) is 5.69 Å². The van der Waals surface area contributed by atoms with Gasteiger partial charge in [0.25, 0.3) is 0 Å². The van der Waals surface area contributed by atoms with Crippen LogP contribution in [0.15, 0.2) is 18.2 Å². The molecule has 0 saturated carbocycles. The maximum atomic E-state index is 11.8. The zero-order chi connectivity index (χ0) is 11.4. The Bertz CT molecular complexity index is 366. The van der Waals surface area contributed by atoms with E-state index in [1.165, 1.54) is 0 Å². The third kappa shape index (κ3) is 2.94. The molecule has 0 radical (unpaired) electrons. The fourth-order valence-corrected chi connectivity index (χ4v) is 1.44. The van der Waals surface area contributed by atoms with E-state index in [-0.39, 0.29) is 11.8 Å². The lowest BCUT2D eigenvalue weighted by Crippen LogP contribution is -2.24. The number of rotatable bonds is 4. The molecule has 0 saturated heterocycles. The maximum Gasteiger partial charge on any atom is 0.166 e. The molecule has 1 aromatic rings. The van der Waals surface area contributed by atoms with E-state index in [0.717, 1.165) is 0 Å². The molecule has 1 aromatic carbocycles. The molecule has 15 heavy (non-hydrogen) atoms. The summed E-state index contributed by atoms with van der Waals surface area (Å²) >= 11 is 5.84. The molecule has 4 heteroatoms. The van der Waals surface area contributed by atoms with Gasteiger partial charge in [0.15, 0.2) is 5.78 Å². The molecule has 0 spiro atoms. The van der Waals surface area contributed by atoms with Crippen molar-refractivity contribution in [1.82, 2.24) is 5.32 Å². The van der Waals surface area contributed by atoms with Gasteiger partial charge in [0.1, 0.15) is 0 Å². The quantitative estimate of drug-likeness (QED) is 0.611. The maximum absolute atomic E-state index is 11.8. The lowest BCUT2D eigenvalue weighted by molar-refractivity contribution is 0.0973. The molecule has 0 amide bonds. The Labute approximate surface area is 94.6 Å². The van der Waals surface area contributed by atoms with Crippen LogP contribution >= 0.6 is 11.6 Å². The number of nitrogens with two attached hydrogens (primary N) is 1. The van der Waals surface area contributed by atoms with Crippen LogP contribution in [-0.4, -0.2) is 18.9 Å². The van der Waals surface area contributed by atoms with Crippen molar-refractivity contribution in [2.45, 2.75) is 19.4 Å². The summed E-state index contributed by atoms with van der Waals surface area (Å²) in [5, 5.41) is 3.43. The van der Waals surface area contributed by atoms with Crippen molar-refractivity contribution in [3.05, 3.63) is 28.8 Å². The van der Waals surface area contributed by atoms with E-state index in [2.05, 4.69) is 5.32 Å². The molecule has 0 aliphatic heterocycles. The highest BCUT2D eigenvalue weighted by Gasteiger charge is 2.13. The molecule has 0 fully saturated rings. The highest BCUT2D eigenvalue weighted by Crippen LogP contribution is 2.23. The van der Waals surface area contributed by atoms with Crippen LogP contribution in [-0.2, 0) is 0 Å². The average molecular weight is 227 g/mol. The van der Waals surface area contributed by atoms with Gasteiger partial charge < -0.3 is 11.1 Å². The molecular formula is C11H15ClN2O. The van der Waals surface area contributed by atoms with E-state index in [0.29, 0.717) is 22.7 Å². The van der Waals surface area contributed by atoms with E-state index in [1.54, 1.807) is 18.2 Å². The predicted octanol–water partition coefficient (Wildman–Crippen LogP) is 2.10. The monoisotopic (exact) mass is 226 g/mol. The summed E-state index contributed by atoms with van der Waals surface area (Å²) in [7, 11) is 1.82. The van der Waals surface area contributed by atoms with E-state index in [1.807, 2.05) is 14.0 Å². The molecule has 0 bridgehead atoms. The molecule has 0 aromatic heterocycles. The molecule has 0 aliphatic rings. The number of ketones is 1. The topological polar surface area (TPSA) is 55.1 Å². The first-order valence-electron chi connectivity index (χ1n) is 4.80. The summed E-state index contributed by atoms with van der Waals surface area (Å²) in [5.74, 6) is 0.0110. The third-order valence-corrected chi connectivity index (χ3v) is 2.67. The second kappa shape index (κ2) is 5.14. The van der Waals surface area contributed by atoms with Gasteiger partial charge in [0, 0.05) is 18.0 Å². The van der Waals surface area contributed by atoms with Gasteiger partial charge in [-0.2, -0.15) is 0 Å². The Kier molecular flexibility index (Phi) is 4.12. The normalized spacial score (nSPS) is 12.5. The van der Waals surface area contributed by atoms with Crippen molar-refractivity contribution in [3.63, 3.8) is 0 Å². The minimum absolute atomic E-state index is 0.0110. The minimum Gasteiger partial charge on any atom is -0.397 e. The molecular weight excluding hydrogens is 212 g/mol. The molecule has 1 atom stereocenters. The Morgan fingerprint density at radius 3 is 2.87 bits per heavy atom. The Hall–Kier alpha value is -1.06. The lowest BCUT2D eigenvalue weighted by atomic mass is 10.0. The number of carbonyl (C=O) groups is 1. The summed E-state index contributed by atoms with van der Waals surface area (Å²) in [6.45, 7) is 1.94. The Balaban J connectivity index is 2.87. The van der Waals surface area contributed by atoms with Gasteiger partial charge in [-0.05, 0) is 26.1 Å². The number of hydrogen-bond donors (Lipinski definition) is 2. The van der Waals surface area contributed by atoms with Gasteiger partial charge in [0.05, 0.1) is 10.7 Å². The van der Waals surface area contributed by atoms with E-state index >= 15 is 0 Å². The summed E-state index contributed by atoms with van der Waals surface area (Å²) in [4.78, 5) is 11.8. The van der Waals surface area contributed by atoms with Gasteiger partial charge in [0.2, 0.25) is 0 Å². The number of nitrogen functional groups attached to an aromatic ring is 1. The minimum atomic E-state index is 0.0110. The van der Waals surface area contributed by atoms with Crippen LogP contribution in [0.1, 0.15) is 23.7 Å². The molecule has 3 nitrogen and oxygen atoms in total. The van der Waals surface area contributed by atoms with Crippen LogP contribution in [0, 0.1) is 0 Å². The predicted molar refractivity (Wildman–Crippen MR) is 63.3 cm³/mol. The second-order valence-corrected chi connectivity index (χ2v) is 3.93. The smallest absolute Gasteiger partial charge is 0.166 e. The lowest BCUT2D eigenvalue weighted by Gasteiger charge is -2.10. The number of benzene rings is 1. The first kappa shape index (κ1) is 12.0. The van der Waals surface area contributed by atoms with E-state index in [4.69, 9.17) is 17.3 Å². The van der Waals surface area contributed by atoms with Crippen molar-refractivity contribution < 1.29 is 4.79 Å². The van der Waals surface area contributed by atoms with E-state index in [9.17, 15) is 4.79 Å². The first-order chi connectivity index (χ1) is 7.06. The van der Waals surface area contributed by atoms with Crippen LogP contribution in [0.25, 0.3) is 0 Å². The van der Waals surface area contributed by atoms with Gasteiger partial charge in [-0.1, -0.05) is 17.7 Å². The van der Waals surface area contributed by atoms with Crippen molar-refractivity contribution in [2.75, 3.05) is 12.8 Å². The standard InChI is InChI=1S/C11H15ClN2O/c1-7(14-2)6-10(15)8-4-3-5-9(12)11(8)13/h3-5,7,14H,6,13H2,1-2H3. The van der Waals surface area contributed by atoms with Gasteiger partial charge in [-0.15, -0.1) is 0 Å². The highest BCUT2D eigenvalue weighted by molar-refractivity contribution is 6.34. The number of Topliss-reactive ketones (excluding diaryl/α,β-unsaturated/α-hetero) is 1. The summed E-state index contributed by atoms with van der Waals surface area (Å²) in [6, 6.07) is 5.24. The van der Waals surface area contributed by atoms with Crippen molar-refractivity contribution in [2.24, 2.45) is 0 Å². The van der Waals surface area contributed by atoms with E-state index < -0.39 is 0 Å². The van der Waals surface area contributed by atoms with Gasteiger partial charge >= 0.3 is 0 Å². The first-order valence-corrected chi connectivity index (χ1v) is 5.18. The fraction of sp³-hybridized carbons (Fsp3) is 0.364. The number of halogens is 1. The molecule has 1 rings (SSSR count). The van der Waals surface area contributed by atoms with Gasteiger partial charge in [-0.3, -0.25) is 4.79 Å². The van der Waals surface area contributed by atoms with Crippen LogP contribution in [0.3, 0.4) is 0 Å². The molecule has 82 valence electrons. The third-order valence-electron chi connectivity index (χ3n) is 2.34. The molecule has 0 aliphatic carbocycles. The summed E-state index contributed by atoms with van der Waals surface area (Å²) in [6.07, 6.45) is 0.418. The largest absolute Gasteiger partial charge is 0.397 e. The summed E-state index contributed by atoms with van der Waals surface area (Å²) in [5.41, 5.74) is 6.60. The SMILES string of the molecule is CNC(C)CC(=O)c1cccc(Cl)c1N. The van der Waals surface area contributed by atoms with Crippen molar-refractivity contribution >= 4 is 23.1 Å². The van der Waals surface area contributed by atoms with Crippen LogP contribution < -0.4 is 11.1 Å². The van der Waals surface area contributed by atoms with Crippen LogP contribution in [0.2, 0.25) is 5.02 Å². The molecule has 1 unspecified atom stereocenters. The zero-order valence-corrected chi connectivity index (χ0v) is 9.64. The Morgan fingerprint density at radius 2 is 2.27 bits per heavy atom. The summed E-state index contributed by atoms with van der Waals surface area (Å²) < 4.78 is 0. The average Bonchev–Trinajstić information content (AvgIpc) is 2.21. The molecule has 3 N–H and O–H groups in total. The van der Waals surface area contributed by atoms with Crippen LogP contribution in [0.5, 0.6) is 0 Å². The van der Waals surface area contributed by atoms with Crippen molar-refractivity contribution in [3.8, 4) is 0 Å². The Morgan fingerprint density at radius 1 is 1.60 bits per heavy atom. The number of para-hydroxylation sites is 1. The van der Waals surface area contributed by atoms with Gasteiger partial charge in [-0.25, -0.2) is 0 Å². The highest BCUT2D eigenvalue weighted by atomic mass is 35.5. The number of nitrogens with one attached hydrogen (secondary N) is 1. The zero-order valence-electron chi connectivity index (χ0n) is 8.88. The molecule has 0 heterocycles. The number of carbonyl (C=O) groups excluding carboxylic acids is 1. The number of anilines is 1. The second-order valence-electron chi connectivity index (χ2n) is 3.52. The fourth-order valence-electron chi connectivity index (χ4n) is 1.27. The number of hydrogen-bond acceptors (Lipinski definition) is 3. The van der Waals surface area contributed by atoms with Crippen molar-refractivity contribution in [1.29, 1.82) is 0 Å².